The third kappa shape index (κ3) is 3.56. The quantitative estimate of drug-likeness (QED) is 0.824. The van der Waals surface area contributed by atoms with Crippen molar-refractivity contribution >= 4 is 0 Å². The van der Waals surface area contributed by atoms with Gasteiger partial charge in [-0.15, -0.1) is 0 Å². The summed E-state index contributed by atoms with van der Waals surface area (Å²) in [5.41, 5.74) is 3.77. The van der Waals surface area contributed by atoms with Crippen LogP contribution in [-0.4, -0.2) is 22.4 Å². The lowest BCUT2D eigenvalue weighted by molar-refractivity contribution is 0.340. The third-order valence-electron chi connectivity index (χ3n) is 3.57. The molecule has 0 spiro atoms. The van der Waals surface area contributed by atoms with E-state index < -0.39 is 0 Å². The molecule has 3 nitrogen and oxygen atoms in total. The van der Waals surface area contributed by atoms with Crippen LogP contribution < -0.4 is 5.32 Å². The maximum absolute atomic E-state index is 4.62. The fourth-order valence-corrected chi connectivity index (χ4v) is 1.99. The molecule has 0 amide bonds. The summed E-state index contributed by atoms with van der Waals surface area (Å²) in [6.45, 7) is 15.2. The Kier molecular flexibility index (Phi) is 5.19. The summed E-state index contributed by atoms with van der Waals surface area (Å²) in [6.07, 6.45) is 1.18. The maximum atomic E-state index is 4.62. The van der Waals surface area contributed by atoms with E-state index in [0.29, 0.717) is 12.0 Å². The Morgan fingerprint density at radius 2 is 1.88 bits per heavy atom. The van der Waals surface area contributed by atoms with Gasteiger partial charge in [0.15, 0.2) is 0 Å². The predicted octanol–water partition coefficient (Wildman–Crippen LogP) is 2.83. The van der Waals surface area contributed by atoms with Gasteiger partial charge in [-0.25, -0.2) is 0 Å². The van der Waals surface area contributed by atoms with E-state index in [0.717, 1.165) is 18.8 Å². The molecule has 0 aliphatic rings. The molecule has 98 valence electrons. The molecule has 1 rings (SSSR count). The summed E-state index contributed by atoms with van der Waals surface area (Å²) in [6, 6.07) is 0.507. The van der Waals surface area contributed by atoms with Crippen molar-refractivity contribution in [2.24, 2.45) is 5.92 Å². The molecule has 0 radical (unpaired) electrons. The summed E-state index contributed by atoms with van der Waals surface area (Å²) in [5.74, 6) is 0.630. The molecule has 1 unspecified atom stereocenters. The topological polar surface area (TPSA) is 29.9 Å². The molecule has 0 saturated heterocycles. The first-order valence-corrected chi connectivity index (χ1v) is 6.71. The monoisotopic (exact) mass is 237 g/mol. The number of hydrogen-bond acceptors (Lipinski definition) is 2. The average molecular weight is 237 g/mol. The molecule has 0 fully saturated rings. The van der Waals surface area contributed by atoms with E-state index >= 15 is 0 Å². The summed E-state index contributed by atoms with van der Waals surface area (Å²) in [7, 11) is 0. The molecule has 0 aliphatic heterocycles. The van der Waals surface area contributed by atoms with Crippen molar-refractivity contribution in [2.75, 3.05) is 6.54 Å². The van der Waals surface area contributed by atoms with Crippen molar-refractivity contribution in [3.63, 3.8) is 0 Å². The number of hydrogen-bond donors (Lipinski definition) is 1. The first kappa shape index (κ1) is 14.2. The SMILES string of the molecule is CCCNC(Cn1nc(C)c(C)c1C)C(C)C. The maximum Gasteiger partial charge on any atom is 0.0625 e. The lowest BCUT2D eigenvalue weighted by Gasteiger charge is -2.23. The molecule has 1 N–H and O–H groups in total. The van der Waals surface area contributed by atoms with E-state index in [9.17, 15) is 0 Å². The fraction of sp³-hybridized carbons (Fsp3) is 0.786. The van der Waals surface area contributed by atoms with Crippen molar-refractivity contribution in [3.8, 4) is 0 Å². The average Bonchev–Trinajstić information content (AvgIpc) is 2.51. The second-order valence-electron chi connectivity index (χ2n) is 5.28. The highest BCUT2D eigenvalue weighted by atomic mass is 15.3. The van der Waals surface area contributed by atoms with Gasteiger partial charge in [-0.05, 0) is 45.2 Å². The molecule has 3 heteroatoms. The highest BCUT2D eigenvalue weighted by Gasteiger charge is 2.16. The van der Waals surface area contributed by atoms with Crippen LogP contribution in [0.1, 0.15) is 44.1 Å². The molecule has 0 aliphatic carbocycles. The zero-order chi connectivity index (χ0) is 13.0. The van der Waals surface area contributed by atoms with Gasteiger partial charge in [0, 0.05) is 11.7 Å². The van der Waals surface area contributed by atoms with Crippen LogP contribution in [-0.2, 0) is 6.54 Å². The van der Waals surface area contributed by atoms with E-state index in [1.807, 2.05) is 0 Å². The van der Waals surface area contributed by atoms with E-state index in [1.54, 1.807) is 0 Å². The lowest BCUT2D eigenvalue weighted by Crippen LogP contribution is -2.38. The summed E-state index contributed by atoms with van der Waals surface area (Å²) >= 11 is 0. The zero-order valence-electron chi connectivity index (χ0n) is 12.2. The van der Waals surface area contributed by atoms with Crippen LogP contribution in [0.2, 0.25) is 0 Å². The van der Waals surface area contributed by atoms with Gasteiger partial charge in [-0.2, -0.15) is 5.10 Å². The molecule has 1 heterocycles. The smallest absolute Gasteiger partial charge is 0.0625 e. The van der Waals surface area contributed by atoms with E-state index in [-0.39, 0.29) is 0 Å². The Balaban J connectivity index is 2.75. The molecule has 0 aromatic carbocycles. The van der Waals surface area contributed by atoms with Gasteiger partial charge in [-0.3, -0.25) is 4.68 Å². The fourth-order valence-electron chi connectivity index (χ4n) is 1.99. The van der Waals surface area contributed by atoms with Gasteiger partial charge in [0.25, 0.3) is 0 Å². The molecule has 0 bridgehead atoms. The predicted molar refractivity (Wildman–Crippen MR) is 73.4 cm³/mol. The minimum atomic E-state index is 0.507. The molecular formula is C14H27N3. The second-order valence-corrected chi connectivity index (χ2v) is 5.28. The van der Waals surface area contributed by atoms with Gasteiger partial charge in [0.1, 0.15) is 0 Å². The van der Waals surface area contributed by atoms with Crippen LogP contribution in [0, 0.1) is 26.7 Å². The van der Waals surface area contributed by atoms with Crippen LogP contribution >= 0.6 is 0 Å². The first-order valence-electron chi connectivity index (χ1n) is 6.71. The van der Waals surface area contributed by atoms with Crippen molar-refractivity contribution in [2.45, 2.75) is 60.5 Å². The minimum Gasteiger partial charge on any atom is -0.312 e. The van der Waals surface area contributed by atoms with Crippen molar-refractivity contribution < 1.29 is 0 Å². The van der Waals surface area contributed by atoms with Crippen LogP contribution in [0.15, 0.2) is 0 Å². The molecule has 17 heavy (non-hydrogen) atoms. The molecule has 1 aromatic rings. The number of nitrogens with one attached hydrogen (secondary N) is 1. The standard InChI is InChI=1S/C14H27N3/c1-7-8-15-14(10(2)3)9-17-13(6)11(4)12(5)16-17/h10,14-15H,7-9H2,1-6H3. The Labute approximate surface area is 106 Å². The van der Waals surface area contributed by atoms with E-state index in [1.165, 1.54) is 17.7 Å². The van der Waals surface area contributed by atoms with E-state index in [2.05, 4.69) is 56.6 Å². The zero-order valence-corrected chi connectivity index (χ0v) is 12.2. The van der Waals surface area contributed by atoms with Gasteiger partial charge in [0.2, 0.25) is 0 Å². The summed E-state index contributed by atoms with van der Waals surface area (Å²) in [4.78, 5) is 0. The van der Waals surface area contributed by atoms with Gasteiger partial charge in [0.05, 0.1) is 12.2 Å². The highest BCUT2D eigenvalue weighted by molar-refractivity contribution is 5.22. The molecule has 1 aromatic heterocycles. The Bertz CT molecular complexity index is 353. The van der Waals surface area contributed by atoms with Crippen LogP contribution in [0.3, 0.4) is 0 Å². The summed E-state index contributed by atoms with van der Waals surface area (Å²) < 4.78 is 2.15. The normalized spacial score (nSPS) is 13.4. The number of aryl methyl sites for hydroxylation is 1. The van der Waals surface area contributed by atoms with Crippen molar-refractivity contribution in [3.05, 3.63) is 17.0 Å². The lowest BCUT2D eigenvalue weighted by atomic mass is 10.0. The minimum absolute atomic E-state index is 0.507. The Morgan fingerprint density at radius 3 is 2.29 bits per heavy atom. The molecule has 0 saturated carbocycles. The first-order chi connectivity index (χ1) is 7.97. The van der Waals surface area contributed by atoms with Gasteiger partial charge < -0.3 is 5.32 Å². The number of rotatable bonds is 6. The molecule has 1 atom stereocenters. The van der Waals surface area contributed by atoms with Crippen molar-refractivity contribution in [1.29, 1.82) is 0 Å². The Hall–Kier alpha value is -0.830. The van der Waals surface area contributed by atoms with E-state index in [4.69, 9.17) is 0 Å². The third-order valence-corrected chi connectivity index (χ3v) is 3.57. The summed E-state index contributed by atoms with van der Waals surface area (Å²) in [5, 5.41) is 8.23. The van der Waals surface area contributed by atoms with Crippen LogP contribution in [0.25, 0.3) is 0 Å². The van der Waals surface area contributed by atoms with Crippen LogP contribution in [0.4, 0.5) is 0 Å². The van der Waals surface area contributed by atoms with Crippen molar-refractivity contribution in [1.82, 2.24) is 15.1 Å². The number of nitrogens with zero attached hydrogens (tertiary/aromatic N) is 2. The largest absolute Gasteiger partial charge is 0.312 e. The highest BCUT2D eigenvalue weighted by Crippen LogP contribution is 2.13. The second kappa shape index (κ2) is 6.20. The van der Waals surface area contributed by atoms with Crippen LogP contribution in [0.5, 0.6) is 0 Å². The van der Waals surface area contributed by atoms with Gasteiger partial charge in [-0.1, -0.05) is 20.8 Å². The molecular weight excluding hydrogens is 210 g/mol. The Morgan fingerprint density at radius 1 is 1.24 bits per heavy atom. The van der Waals surface area contributed by atoms with Gasteiger partial charge >= 0.3 is 0 Å². The number of aromatic nitrogens is 2.